The number of nitrogens with two attached hydrogens (primary N) is 1. The van der Waals surface area contributed by atoms with Crippen LogP contribution in [0.15, 0.2) is 58.3 Å². The average molecular weight is 367 g/mol. The quantitative estimate of drug-likeness (QED) is 0.458. The molecule has 0 spiro atoms. The van der Waals surface area contributed by atoms with Gasteiger partial charge in [0.05, 0.1) is 12.7 Å². The maximum absolute atomic E-state index is 12.0. The van der Waals surface area contributed by atoms with Crippen molar-refractivity contribution in [2.24, 2.45) is 5.14 Å². The summed E-state index contributed by atoms with van der Waals surface area (Å²) < 4.78 is 33.2. The van der Waals surface area contributed by atoms with E-state index in [1.54, 1.807) is 11.8 Å². The number of ether oxygens (including phenoxy) is 2. The van der Waals surface area contributed by atoms with E-state index in [0.717, 1.165) is 11.0 Å². The summed E-state index contributed by atoms with van der Waals surface area (Å²) in [6.07, 6.45) is 0. The summed E-state index contributed by atoms with van der Waals surface area (Å²) in [4.78, 5) is 12.9. The van der Waals surface area contributed by atoms with E-state index in [2.05, 4.69) is 0 Å². The van der Waals surface area contributed by atoms with Crippen molar-refractivity contribution in [2.75, 3.05) is 19.5 Å². The zero-order valence-electron chi connectivity index (χ0n) is 13.0. The summed E-state index contributed by atoms with van der Waals surface area (Å²) in [5.74, 6) is 0.0541. The molecule has 0 radical (unpaired) electrons. The van der Waals surface area contributed by atoms with Gasteiger partial charge in [-0.3, -0.25) is 0 Å². The van der Waals surface area contributed by atoms with Crippen molar-refractivity contribution in [1.29, 1.82) is 0 Å². The Balaban J connectivity index is 1.97. The Labute approximate surface area is 145 Å². The van der Waals surface area contributed by atoms with Crippen molar-refractivity contribution in [3.8, 4) is 5.75 Å². The van der Waals surface area contributed by atoms with Crippen molar-refractivity contribution in [3.05, 3.63) is 54.1 Å². The van der Waals surface area contributed by atoms with Crippen LogP contribution in [0.1, 0.15) is 10.4 Å². The van der Waals surface area contributed by atoms with Gasteiger partial charge in [-0.25, -0.2) is 18.4 Å². The number of hydrogen-bond donors (Lipinski definition) is 1. The Kier molecular flexibility index (Phi) is 6.24. The number of thioether (sulfide) groups is 1. The van der Waals surface area contributed by atoms with E-state index in [-0.39, 0.29) is 22.8 Å². The predicted octanol–water partition coefficient (Wildman–Crippen LogP) is 2.29. The predicted molar refractivity (Wildman–Crippen MR) is 91.8 cm³/mol. The van der Waals surface area contributed by atoms with Crippen LogP contribution in [0.5, 0.6) is 5.75 Å². The number of hydrogen-bond acceptors (Lipinski definition) is 6. The monoisotopic (exact) mass is 367 g/mol. The Morgan fingerprint density at radius 1 is 1.17 bits per heavy atom. The minimum Gasteiger partial charge on any atom is -0.495 e. The summed E-state index contributed by atoms with van der Waals surface area (Å²) in [6.45, 7) is 0.204. The van der Waals surface area contributed by atoms with E-state index in [0.29, 0.717) is 5.75 Å². The second-order valence-corrected chi connectivity index (χ2v) is 7.41. The Hall–Kier alpha value is -2.03. The highest BCUT2D eigenvalue weighted by molar-refractivity contribution is 7.99. The largest absolute Gasteiger partial charge is 0.495 e. The van der Waals surface area contributed by atoms with Crippen LogP contribution in [-0.4, -0.2) is 33.9 Å². The number of carbonyl (C=O) groups excluding carboxylic acids is 1. The van der Waals surface area contributed by atoms with Gasteiger partial charge in [-0.1, -0.05) is 18.2 Å². The molecule has 0 saturated heterocycles. The minimum absolute atomic E-state index is 0.0775. The van der Waals surface area contributed by atoms with Crippen molar-refractivity contribution in [1.82, 2.24) is 0 Å². The van der Waals surface area contributed by atoms with Crippen molar-refractivity contribution in [3.63, 3.8) is 0 Å². The third-order valence-electron chi connectivity index (χ3n) is 3.03. The molecule has 0 aromatic heterocycles. The fourth-order valence-corrected chi connectivity index (χ4v) is 3.39. The molecule has 0 aliphatic heterocycles. The molecule has 2 rings (SSSR count). The van der Waals surface area contributed by atoms with Crippen LogP contribution in [0.25, 0.3) is 0 Å². The second-order valence-electron chi connectivity index (χ2n) is 4.71. The summed E-state index contributed by atoms with van der Waals surface area (Å²) in [5.41, 5.74) is 0.101. The van der Waals surface area contributed by atoms with Crippen molar-refractivity contribution in [2.45, 2.75) is 9.79 Å². The average Bonchev–Trinajstić information content (AvgIpc) is 2.58. The first-order chi connectivity index (χ1) is 11.4. The highest BCUT2D eigenvalue weighted by Gasteiger charge is 2.18. The third-order valence-corrected chi connectivity index (χ3v) is 4.94. The zero-order valence-corrected chi connectivity index (χ0v) is 14.6. The first-order valence-electron chi connectivity index (χ1n) is 6.97. The molecule has 0 aliphatic rings. The Bertz CT molecular complexity index is 806. The molecule has 2 aromatic rings. The van der Waals surface area contributed by atoms with Gasteiger partial charge in [0.25, 0.3) is 0 Å². The van der Waals surface area contributed by atoms with Gasteiger partial charge in [-0.15, -0.1) is 11.8 Å². The second kappa shape index (κ2) is 8.18. The van der Waals surface area contributed by atoms with Gasteiger partial charge < -0.3 is 9.47 Å². The van der Waals surface area contributed by atoms with Gasteiger partial charge in [-0.2, -0.15) is 0 Å². The molecule has 0 heterocycles. The third kappa shape index (κ3) is 4.98. The number of benzene rings is 2. The maximum atomic E-state index is 12.0. The normalized spacial score (nSPS) is 11.1. The van der Waals surface area contributed by atoms with E-state index < -0.39 is 16.0 Å². The molecular weight excluding hydrogens is 350 g/mol. The molecule has 0 bridgehead atoms. The van der Waals surface area contributed by atoms with Crippen LogP contribution >= 0.6 is 11.8 Å². The molecule has 0 fully saturated rings. The number of rotatable bonds is 7. The fourth-order valence-electron chi connectivity index (χ4n) is 1.92. The van der Waals surface area contributed by atoms with Crippen LogP contribution in [0, 0.1) is 0 Å². The van der Waals surface area contributed by atoms with Gasteiger partial charge in [0.2, 0.25) is 10.0 Å². The minimum atomic E-state index is -4.00. The highest BCUT2D eigenvalue weighted by Crippen LogP contribution is 2.24. The number of carbonyl (C=O) groups is 1. The van der Waals surface area contributed by atoms with Crippen LogP contribution in [-0.2, 0) is 14.8 Å². The standard InChI is InChI=1S/C16H17NO5S2/c1-21-14-8-7-12(11-15(14)24(17,19)20)16(18)22-9-10-23-13-5-3-2-4-6-13/h2-8,11H,9-10H2,1H3,(H2,17,19,20). The smallest absolute Gasteiger partial charge is 0.338 e. The lowest BCUT2D eigenvalue weighted by Gasteiger charge is -2.09. The first kappa shape index (κ1) is 18.3. The van der Waals surface area contributed by atoms with Crippen molar-refractivity contribution < 1.29 is 22.7 Å². The SMILES string of the molecule is COc1ccc(C(=O)OCCSc2ccccc2)cc1S(N)(=O)=O. The summed E-state index contributed by atoms with van der Waals surface area (Å²) in [7, 11) is -2.68. The van der Waals surface area contributed by atoms with Crippen LogP contribution in [0.3, 0.4) is 0 Å². The van der Waals surface area contributed by atoms with E-state index >= 15 is 0 Å². The van der Waals surface area contributed by atoms with Gasteiger partial charge in [-0.05, 0) is 30.3 Å². The molecule has 6 nitrogen and oxygen atoms in total. The highest BCUT2D eigenvalue weighted by atomic mass is 32.2. The van der Waals surface area contributed by atoms with Gasteiger partial charge in [0.15, 0.2) is 0 Å². The van der Waals surface area contributed by atoms with Crippen LogP contribution < -0.4 is 9.88 Å². The van der Waals surface area contributed by atoms with Gasteiger partial charge in [0, 0.05) is 10.6 Å². The number of methoxy groups -OCH3 is 1. The Morgan fingerprint density at radius 2 is 1.88 bits per heavy atom. The molecule has 0 unspecified atom stereocenters. The summed E-state index contributed by atoms with van der Waals surface area (Å²) in [6, 6.07) is 13.7. The van der Waals surface area contributed by atoms with Crippen molar-refractivity contribution >= 4 is 27.8 Å². The fraction of sp³-hybridized carbons (Fsp3) is 0.188. The molecule has 24 heavy (non-hydrogen) atoms. The molecule has 2 N–H and O–H groups in total. The molecular formula is C16H17NO5S2. The summed E-state index contributed by atoms with van der Waals surface area (Å²) in [5, 5.41) is 5.13. The molecule has 0 atom stereocenters. The maximum Gasteiger partial charge on any atom is 0.338 e. The van der Waals surface area contributed by atoms with E-state index in [1.165, 1.54) is 19.2 Å². The topological polar surface area (TPSA) is 95.7 Å². The molecule has 0 saturated carbocycles. The number of primary sulfonamides is 1. The van der Waals surface area contributed by atoms with Gasteiger partial charge >= 0.3 is 5.97 Å². The molecule has 128 valence electrons. The lowest BCUT2D eigenvalue weighted by Crippen LogP contribution is -2.15. The first-order valence-corrected chi connectivity index (χ1v) is 9.51. The van der Waals surface area contributed by atoms with Crippen LogP contribution in [0.4, 0.5) is 0 Å². The Morgan fingerprint density at radius 3 is 2.50 bits per heavy atom. The molecule has 0 aliphatic carbocycles. The lowest BCUT2D eigenvalue weighted by atomic mass is 10.2. The van der Waals surface area contributed by atoms with Gasteiger partial charge in [0.1, 0.15) is 17.3 Å². The van der Waals surface area contributed by atoms with E-state index in [4.69, 9.17) is 14.6 Å². The summed E-state index contributed by atoms with van der Waals surface area (Å²) >= 11 is 1.56. The molecule has 0 amide bonds. The van der Waals surface area contributed by atoms with E-state index in [9.17, 15) is 13.2 Å². The molecule has 2 aromatic carbocycles. The van der Waals surface area contributed by atoms with Crippen LogP contribution in [0.2, 0.25) is 0 Å². The van der Waals surface area contributed by atoms with E-state index in [1.807, 2.05) is 30.3 Å². The number of esters is 1. The molecule has 8 heteroatoms. The number of sulfonamides is 1. The zero-order chi connectivity index (χ0) is 17.6. The lowest BCUT2D eigenvalue weighted by molar-refractivity contribution is 0.0530.